The highest BCUT2D eigenvalue weighted by Crippen LogP contribution is 2.27. The molecule has 26 heavy (non-hydrogen) atoms. The van der Waals surface area contributed by atoms with Gasteiger partial charge in [-0.3, -0.25) is 4.79 Å². The molecule has 1 aliphatic rings. The molecule has 0 unspecified atom stereocenters. The maximum atomic E-state index is 12.8. The zero-order valence-electron chi connectivity index (χ0n) is 14.5. The minimum absolute atomic E-state index is 0.120. The predicted octanol–water partition coefficient (Wildman–Crippen LogP) is 3.69. The first kappa shape index (κ1) is 18.9. The van der Waals surface area contributed by atoms with Crippen molar-refractivity contribution in [3.63, 3.8) is 0 Å². The van der Waals surface area contributed by atoms with Gasteiger partial charge >= 0.3 is 0 Å². The molecule has 3 rings (SSSR count). The van der Waals surface area contributed by atoms with Gasteiger partial charge in [-0.25, -0.2) is 8.42 Å². The average molecular weight is 393 g/mol. The highest BCUT2D eigenvalue weighted by molar-refractivity contribution is 7.89. The van der Waals surface area contributed by atoms with Crippen LogP contribution >= 0.6 is 11.6 Å². The fourth-order valence-corrected chi connectivity index (χ4v) is 4.84. The molecule has 7 heteroatoms. The van der Waals surface area contributed by atoms with Crippen LogP contribution in [0, 0.1) is 12.8 Å². The van der Waals surface area contributed by atoms with Crippen molar-refractivity contribution >= 4 is 33.2 Å². The van der Waals surface area contributed by atoms with Crippen molar-refractivity contribution in [1.82, 2.24) is 4.31 Å². The third kappa shape index (κ3) is 4.09. The Bertz CT molecular complexity index is 907. The van der Waals surface area contributed by atoms with Gasteiger partial charge in [-0.2, -0.15) is 4.31 Å². The number of hydrogen-bond donors (Lipinski definition) is 1. The lowest BCUT2D eigenvalue weighted by molar-refractivity contribution is -0.120. The number of piperidine rings is 1. The number of aryl methyl sites for hydroxylation is 1. The number of benzene rings is 2. The van der Waals surface area contributed by atoms with E-state index >= 15 is 0 Å². The number of carbonyl (C=O) groups excluding carboxylic acids is 1. The largest absolute Gasteiger partial charge is 0.325 e. The Balaban J connectivity index is 1.64. The summed E-state index contributed by atoms with van der Waals surface area (Å²) in [5.74, 6) is -0.346. The SMILES string of the molecule is Cc1cccc(S(=O)(=O)N2CCC(C(=O)Nc3ccccc3Cl)CC2)c1. The van der Waals surface area contributed by atoms with E-state index in [9.17, 15) is 13.2 Å². The van der Waals surface area contributed by atoms with Crippen LogP contribution in [-0.4, -0.2) is 31.7 Å². The van der Waals surface area contributed by atoms with E-state index in [2.05, 4.69) is 5.32 Å². The molecule has 0 atom stereocenters. The van der Waals surface area contributed by atoms with Crippen molar-refractivity contribution in [1.29, 1.82) is 0 Å². The maximum Gasteiger partial charge on any atom is 0.243 e. The maximum absolute atomic E-state index is 12.8. The molecule has 1 fully saturated rings. The van der Waals surface area contributed by atoms with Crippen molar-refractivity contribution in [2.45, 2.75) is 24.7 Å². The monoisotopic (exact) mass is 392 g/mol. The summed E-state index contributed by atoms with van der Waals surface area (Å²) >= 11 is 6.07. The van der Waals surface area contributed by atoms with Crippen molar-refractivity contribution in [2.24, 2.45) is 5.92 Å². The molecule has 1 N–H and O–H groups in total. The topological polar surface area (TPSA) is 66.5 Å². The van der Waals surface area contributed by atoms with Gasteiger partial charge in [0.25, 0.3) is 0 Å². The van der Waals surface area contributed by atoms with E-state index < -0.39 is 10.0 Å². The lowest BCUT2D eigenvalue weighted by atomic mass is 9.97. The van der Waals surface area contributed by atoms with E-state index in [1.165, 1.54) is 4.31 Å². The van der Waals surface area contributed by atoms with Crippen molar-refractivity contribution in [3.8, 4) is 0 Å². The Morgan fingerprint density at radius 3 is 2.46 bits per heavy atom. The quantitative estimate of drug-likeness (QED) is 0.862. The smallest absolute Gasteiger partial charge is 0.243 e. The van der Waals surface area contributed by atoms with Crippen LogP contribution in [-0.2, 0) is 14.8 Å². The Hall–Kier alpha value is -1.89. The van der Waals surface area contributed by atoms with E-state index in [-0.39, 0.29) is 11.8 Å². The minimum Gasteiger partial charge on any atom is -0.325 e. The van der Waals surface area contributed by atoms with Crippen LogP contribution < -0.4 is 5.32 Å². The van der Waals surface area contributed by atoms with E-state index in [0.29, 0.717) is 41.5 Å². The lowest BCUT2D eigenvalue weighted by Crippen LogP contribution is -2.41. The summed E-state index contributed by atoms with van der Waals surface area (Å²) in [6.45, 7) is 2.53. The molecule has 1 heterocycles. The summed E-state index contributed by atoms with van der Waals surface area (Å²) in [6.07, 6.45) is 0.975. The number of halogens is 1. The number of rotatable bonds is 4. The van der Waals surface area contributed by atoms with Crippen LogP contribution in [0.5, 0.6) is 0 Å². The molecular formula is C19H21ClN2O3S. The second-order valence-electron chi connectivity index (χ2n) is 6.46. The Kier molecular flexibility index (Phi) is 5.65. The fraction of sp³-hybridized carbons (Fsp3) is 0.316. The first-order chi connectivity index (χ1) is 12.4. The lowest BCUT2D eigenvalue weighted by Gasteiger charge is -2.30. The molecule has 2 aromatic rings. The molecule has 0 spiro atoms. The zero-order valence-corrected chi connectivity index (χ0v) is 16.1. The van der Waals surface area contributed by atoms with E-state index in [4.69, 9.17) is 11.6 Å². The zero-order chi connectivity index (χ0) is 18.7. The summed E-state index contributed by atoms with van der Waals surface area (Å²) in [5.41, 5.74) is 1.48. The summed E-state index contributed by atoms with van der Waals surface area (Å²) in [4.78, 5) is 12.8. The van der Waals surface area contributed by atoms with Crippen LogP contribution in [0.1, 0.15) is 18.4 Å². The molecule has 0 bridgehead atoms. The summed E-state index contributed by atoms with van der Waals surface area (Å²) in [6, 6.07) is 14.0. The molecule has 2 aromatic carbocycles. The standard InChI is InChI=1S/C19H21ClN2O3S/c1-14-5-4-6-16(13-14)26(24,25)22-11-9-15(10-12-22)19(23)21-18-8-3-2-7-17(18)20/h2-8,13,15H,9-12H2,1H3,(H,21,23). The van der Waals surface area contributed by atoms with Gasteiger partial charge in [-0.1, -0.05) is 35.9 Å². The normalized spacial score (nSPS) is 16.4. The number of sulfonamides is 1. The molecule has 0 aliphatic carbocycles. The third-order valence-corrected chi connectivity index (χ3v) is 6.81. The first-order valence-electron chi connectivity index (χ1n) is 8.50. The highest BCUT2D eigenvalue weighted by Gasteiger charge is 2.32. The van der Waals surface area contributed by atoms with Crippen molar-refractivity contribution in [2.75, 3.05) is 18.4 Å². The van der Waals surface area contributed by atoms with Gasteiger partial charge in [0.15, 0.2) is 0 Å². The van der Waals surface area contributed by atoms with Crippen LogP contribution in [0.2, 0.25) is 5.02 Å². The fourth-order valence-electron chi connectivity index (χ4n) is 3.08. The average Bonchev–Trinajstić information content (AvgIpc) is 2.63. The van der Waals surface area contributed by atoms with Gasteiger partial charge in [0.2, 0.25) is 15.9 Å². The molecule has 0 aromatic heterocycles. The summed E-state index contributed by atoms with van der Waals surface area (Å²) in [5, 5.41) is 3.32. The number of nitrogens with zero attached hydrogens (tertiary/aromatic N) is 1. The number of carbonyl (C=O) groups is 1. The van der Waals surface area contributed by atoms with E-state index in [1.54, 1.807) is 42.5 Å². The van der Waals surface area contributed by atoms with Crippen LogP contribution in [0.4, 0.5) is 5.69 Å². The molecule has 0 radical (unpaired) electrons. The van der Waals surface area contributed by atoms with Crippen molar-refractivity contribution in [3.05, 3.63) is 59.1 Å². The molecule has 1 aliphatic heterocycles. The van der Waals surface area contributed by atoms with E-state index in [1.807, 2.05) is 13.0 Å². The molecule has 138 valence electrons. The first-order valence-corrected chi connectivity index (χ1v) is 10.3. The second kappa shape index (κ2) is 7.78. The summed E-state index contributed by atoms with van der Waals surface area (Å²) < 4.78 is 27.0. The number of anilines is 1. The van der Waals surface area contributed by atoms with Crippen molar-refractivity contribution < 1.29 is 13.2 Å². The Labute approximate surface area is 159 Å². The molecule has 1 saturated heterocycles. The molecule has 0 saturated carbocycles. The number of para-hydroxylation sites is 1. The minimum atomic E-state index is -3.52. The Morgan fingerprint density at radius 1 is 1.12 bits per heavy atom. The van der Waals surface area contributed by atoms with Gasteiger partial charge in [-0.05, 0) is 49.6 Å². The van der Waals surface area contributed by atoms with Gasteiger partial charge in [0.05, 0.1) is 15.6 Å². The predicted molar refractivity (Wildman–Crippen MR) is 103 cm³/mol. The molecular weight excluding hydrogens is 372 g/mol. The summed E-state index contributed by atoms with van der Waals surface area (Å²) in [7, 11) is -3.52. The van der Waals surface area contributed by atoms with Gasteiger partial charge in [-0.15, -0.1) is 0 Å². The molecule has 1 amide bonds. The number of amides is 1. The second-order valence-corrected chi connectivity index (χ2v) is 8.81. The van der Waals surface area contributed by atoms with Crippen LogP contribution in [0.15, 0.2) is 53.4 Å². The van der Waals surface area contributed by atoms with E-state index in [0.717, 1.165) is 5.56 Å². The highest BCUT2D eigenvalue weighted by atomic mass is 35.5. The number of hydrogen-bond acceptors (Lipinski definition) is 3. The molecule has 5 nitrogen and oxygen atoms in total. The van der Waals surface area contributed by atoms with Gasteiger partial charge in [0, 0.05) is 19.0 Å². The van der Waals surface area contributed by atoms with Gasteiger partial charge in [0.1, 0.15) is 0 Å². The van der Waals surface area contributed by atoms with Gasteiger partial charge < -0.3 is 5.32 Å². The third-order valence-electron chi connectivity index (χ3n) is 4.58. The van der Waals surface area contributed by atoms with Crippen LogP contribution in [0.25, 0.3) is 0 Å². The van der Waals surface area contributed by atoms with Crippen LogP contribution in [0.3, 0.4) is 0 Å². The number of nitrogens with one attached hydrogen (secondary N) is 1. The Morgan fingerprint density at radius 2 is 1.81 bits per heavy atom.